The van der Waals surface area contributed by atoms with Crippen LogP contribution in [0.3, 0.4) is 0 Å². The van der Waals surface area contributed by atoms with Crippen LogP contribution in [-0.2, 0) is 6.42 Å². The van der Waals surface area contributed by atoms with E-state index in [2.05, 4.69) is 23.1 Å². The highest BCUT2D eigenvalue weighted by atomic mass is 16.5. The molecule has 0 aromatic heterocycles. The summed E-state index contributed by atoms with van der Waals surface area (Å²) < 4.78 is 6.60. The minimum Gasteiger partial charge on any atom is -0.487 e. The maximum Gasteiger partial charge on any atom is 0.335 e. The molecule has 0 bridgehead atoms. The minimum absolute atomic E-state index is 0.0223. The van der Waals surface area contributed by atoms with E-state index in [-0.39, 0.29) is 5.60 Å². The van der Waals surface area contributed by atoms with E-state index in [1.807, 2.05) is 19.1 Å². The number of piperidine rings is 1. The Labute approximate surface area is 172 Å². The van der Waals surface area contributed by atoms with Crippen molar-refractivity contribution in [2.24, 2.45) is 0 Å². The standard InChI is InChI=1S/C25H29NO3/c1-17-15-18(5-7-22(17)24(27)28)19-6-8-23-20(16-19)9-10-25(29-23)11-13-26(14-12-25)21-3-2-4-21/h5-8,15-16,21H,2-4,9-14H2,1H3,(H,27,28). The summed E-state index contributed by atoms with van der Waals surface area (Å²) in [7, 11) is 0. The van der Waals surface area contributed by atoms with Crippen molar-refractivity contribution >= 4 is 5.97 Å². The third-order valence-electron chi connectivity index (χ3n) is 7.33. The Morgan fingerprint density at radius 3 is 2.45 bits per heavy atom. The predicted molar refractivity (Wildman–Crippen MR) is 114 cm³/mol. The van der Waals surface area contributed by atoms with Gasteiger partial charge in [-0.1, -0.05) is 24.6 Å². The van der Waals surface area contributed by atoms with E-state index in [9.17, 15) is 9.90 Å². The van der Waals surface area contributed by atoms with Crippen LogP contribution in [-0.4, -0.2) is 40.7 Å². The molecule has 0 unspecified atom stereocenters. The Morgan fingerprint density at radius 1 is 1.07 bits per heavy atom. The van der Waals surface area contributed by atoms with Crippen molar-refractivity contribution in [3.8, 4) is 16.9 Å². The number of aryl methyl sites for hydroxylation is 2. The van der Waals surface area contributed by atoms with E-state index in [0.717, 1.165) is 54.2 Å². The van der Waals surface area contributed by atoms with Crippen LogP contribution >= 0.6 is 0 Å². The molecular weight excluding hydrogens is 362 g/mol. The number of carboxylic acids is 1. The second-order valence-electron chi connectivity index (χ2n) is 9.06. The fraction of sp³-hybridized carbons (Fsp3) is 0.480. The summed E-state index contributed by atoms with van der Waals surface area (Å²) >= 11 is 0. The zero-order valence-electron chi connectivity index (χ0n) is 17.1. The first-order valence-corrected chi connectivity index (χ1v) is 10.9. The van der Waals surface area contributed by atoms with Crippen LogP contribution in [0.1, 0.15) is 60.0 Å². The predicted octanol–water partition coefficient (Wildman–Crippen LogP) is 5.07. The van der Waals surface area contributed by atoms with E-state index in [1.165, 1.54) is 37.9 Å². The van der Waals surface area contributed by atoms with Gasteiger partial charge in [0, 0.05) is 19.1 Å². The highest BCUT2D eigenvalue weighted by Gasteiger charge is 2.41. The van der Waals surface area contributed by atoms with Gasteiger partial charge in [-0.2, -0.15) is 0 Å². The van der Waals surface area contributed by atoms with Gasteiger partial charge in [0.25, 0.3) is 0 Å². The summed E-state index contributed by atoms with van der Waals surface area (Å²) in [6, 6.07) is 12.9. The minimum atomic E-state index is -0.874. The third kappa shape index (κ3) is 3.44. The van der Waals surface area contributed by atoms with Crippen molar-refractivity contribution in [1.82, 2.24) is 4.90 Å². The Bertz CT molecular complexity index is 939. The number of aromatic carboxylic acids is 1. The molecule has 1 saturated carbocycles. The molecule has 2 heterocycles. The van der Waals surface area contributed by atoms with Crippen molar-refractivity contribution in [3.63, 3.8) is 0 Å². The molecular formula is C25H29NO3. The highest BCUT2D eigenvalue weighted by Crippen LogP contribution is 2.42. The number of carbonyl (C=O) groups is 1. The lowest BCUT2D eigenvalue weighted by molar-refractivity contribution is -0.0336. The van der Waals surface area contributed by atoms with Crippen LogP contribution in [0.5, 0.6) is 5.75 Å². The fourth-order valence-corrected chi connectivity index (χ4v) is 5.18. The Balaban J connectivity index is 1.32. The Hall–Kier alpha value is -2.33. The normalized spacial score (nSPS) is 21.3. The van der Waals surface area contributed by atoms with Crippen LogP contribution in [0.2, 0.25) is 0 Å². The lowest BCUT2D eigenvalue weighted by Gasteiger charge is -2.48. The van der Waals surface area contributed by atoms with E-state index >= 15 is 0 Å². The van der Waals surface area contributed by atoms with Gasteiger partial charge in [-0.3, -0.25) is 0 Å². The zero-order chi connectivity index (χ0) is 20.0. The number of carboxylic acid groups (broad SMARTS) is 1. The summed E-state index contributed by atoms with van der Waals surface area (Å²) in [6.45, 7) is 4.20. The van der Waals surface area contributed by atoms with E-state index < -0.39 is 5.97 Å². The summed E-state index contributed by atoms with van der Waals surface area (Å²) in [5.41, 5.74) is 4.64. The molecule has 0 radical (unpaired) electrons. The first-order valence-electron chi connectivity index (χ1n) is 10.9. The second kappa shape index (κ2) is 7.17. The second-order valence-corrected chi connectivity index (χ2v) is 9.06. The third-order valence-corrected chi connectivity index (χ3v) is 7.33. The van der Waals surface area contributed by atoms with Gasteiger partial charge in [-0.25, -0.2) is 4.79 Å². The molecule has 2 aromatic rings. The molecule has 4 nitrogen and oxygen atoms in total. The molecule has 0 amide bonds. The van der Waals surface area contributed by atoms with Gasteiger partial charge < -0.3 is 14.7 Å². The van der Waals surface area contributed by atoms with Crippen molar-refractivity contribution in [1.29, 1.82) is 0 Å². The number of fused-ring (bicyclic) bond motifs is 1. The summed E-state index contributed by atoms with van der Waals surface area (Å²) in [6.07, 6.45) is 8.59. The number of nitrogens with zero attached hydrogens (tertiary/aromatic N) is 1. The van der Waals surface area contributed by atoms with Crippen molar-refractivity contribution in [2.45, 2.75) is 63.5 Å². The van der Waals surface area contributed by atoms with Crippen LogP contribution in [0, 0.1) is 6.92 Å². The quantitative estimate of drug-likeness (QED) is 0.793. The fourth-order valence-electron chi connectivity index (χ4n) is 5.18. The number of rotatable bonds is 3. The van der Waals surface area contributed by atoms with Gasteiger partial charge in [0.15, 0.2) is 0 Å². The van der Waals surface area contributed by atoms with Crippen LogP contribution in [0.4, 0.5) is 0 Å². The molecule has 2 aromatic carbocycles. The Kier molecular flexibility index (Phi) is 4.62. The first kappa shape index (κ1) is 18.7. The van der Waals surface area contributed by atoms with Crippen molar-refractivity contribution in [3.05, 3.63) is 53.1 Å². The molecule has 1 N–H and O–H groups in total. The van der Waals surface area contributed by atoms with Gasteiger partial charge in [-0.15, -0.1) is 0 Å². The smallest absolute Gasteiger partial charge is 0.335 e. The molecule has 0 atom stereocenters. The number of ether oxygens (including phenoxy) is 1. The maximum absolute atomic E-state index is 11.3. The van der Waals surface area contributed by atoms with Crippen LogP contribution in [0.15, 0.2) is 36.4 Å². The SMILES string of the molecule is Cc1cc(-c2ccc3c(c2)CCC2(CCN(C4CCC4)CC2)O3)ccc1C(=O)O. The van der Waals surface area contributed by atoms with Crippen LogP contribution in [0.25, 0.3) is 11.1 Å². The van der Waals surface area contributed by atoms with E-state index in [0.29, 0.717) is 5.56 Å². The molecule has 4 heteroatoms. The first-order chi connectivity index (χ1) is 14.0. The van der Waals surface area contributed by atoms with Gasteiger partial charge in [0.2, 0.25) is 0 Å². The van der Waals surface area contributed by atoms with Gasteiger partial charge >= 0.3 is 5.97 Å². The molecule has 2 fully saturated rings. The number of hydrogen-bond acceptors (Lipinski definition) is 3. The van der Waals surface area contributed by atoms with Crippen LogP contribution < -0.4 is 4.74 Å². The number of benzene rings is 2. The summed E-state index contributed by atoms with van der Waals surface area (Å²) in [4.78, 5) is 13.9. The largest absolute Gasteiger partial charge is 0.487 e. The molecule has 1 saturated heterocycles. The maximum atomic E-state index is 11.3. The average molecular weight is 392 g/mol. The average Bonchev–Trinajstić information content (AvgIpc) is 2.68. The monoisotopic (exact) mass is 391 g/mol. The van der Waals surface area contributed by atoms with Gasteiger partial charge in [-0.05, 0) is 85.9 Å². The molecule has 1 spiro atoms. The van der Waals surface area contributed by atoms with Crippen molar-refractivity contribution < 1.29 is 14.6 Å². The lowest BCUT2D eigenvalue weighted by Crippen LogP contribution is -2.53. The molecule has 3 aliphatic rings. The molecule has 152 valence electrons. The molecule has 1 aliphatic carbocycles. The number of hydrogen-bond donors (Lipinski definition) is 1. The summed E-state index contributed by atoms with van der Waals surface area (Å²) in [5.74, 6) is 0.164. The molecule has 2 aliphatic heterocycles. The number of likely N-dealkylation sites (tertiary alicyclic amines) is 1. The van der Waals surface area contributed by atoms with E-state index in [1.54, 1.807) is 6.07 Å². The highest BCUT2D eigenvalue weighted by molar-refractivity contribution is 5.90. The molecule has 29 heavy (non-hydrogen) atoms. The lowest BCUT2D eigenvalue weighted by atomic mass is 9.81. The van der Waals surface area contributed by atoms with Crippen molar-refractivity contribution in [2.75, 3.05) is 13.1 Å². The Morgan fingerprint density at radius 2 is 1.79 bits per heavy atom. The topological polar surface area (TPSA) is 49.8 Å². The molecule has 5 rings (SSSR count). The van der Waals surface area contributed by atoms with Gasteiger partial charge in [0.1, 0.15) is 11.4 Å². The zero-order valence-corrected chi connectivity index (χ0v) is 17.1. The van der Waals surface area contributed by atoms with E-state index in [4.69, 9.17) is 4.74 Å². The van der Waals surface area contributed by atoms with Gasteiger partial charge in [0.05, 0.1) is 5.56 Å². The summed E-state index contributed by atoms with van der Waals surface area (Å²) in [5, 5.41) is 9.25.